The standard InChI is InChI=1S/C21H17ClN2O5S/c1-12-3-6-19-17(9-12)23-21(25)15-10-13(4-7-18(15)29-19)24-30(26,27)20-8-5-14(28-2)11-16(20)22/h3-11,24H,1-2H3,(H,23,25). The number of hydrogen-bond acceptors (Lipinski definition) is 5. The molecule has 0 spiro atoms. The molecule has 4 rings (SSSR count). The van der Waals surface area contributed by atoms with E-state index in [0.29, 0.717) is 22.9 Å². The van der Waals surface area contributed by atoms with Crippen LogP contribution in [0.3, 0.4) is 0 Å². The van der Waals surface area contributed by atoms with Crippen LogP contribution in [0.4, 0.5) is 11.4 Å². The smallest absolute Gasteiger partial charge is 0.263 e. The highest BCUT2D eigenvalue weighted by Crippen LogP contribution is 2.37. The SMILES string of the molecule is COc1ccc(S(=O)(=O)Nc2ccc3c(c2)C(=O)Nc2cc(C)ccc2O3)c(Cl)c1. The fourth-order valence-electron chi connectivity index (χ4n) is 3.04. The van der Waals surface area contributed by atoms with Gasteiger partial charge >= 0.3 is 0 Å². The Kier molecular flexibility index (Phi) is 5.05. The average Bonchev–Trinajstić information content (AvgIpc) is 2.83. The number of carbonyl (C=O) groups excluding carboxylic acids is 1. The van der Waals surface area contributed by atoms with Gasteiger partial charge in [0, 0.05) is 11.8 Å². The van der Waals surface area contributed by atoms with E-state index in [1.165, 1.54) is 43.5 Å². The second-order valence-electron chi connectivity index (χ2n) is 6.67. The maximum atomic E-state index is 12.8. The number of ether oxygens (including phenoxy) is 2. The minimum absolute atomic E-state index is 0.0171. The molecule has 0 aliphatic carbocycles. The summed E-state index contributed by atoms with van der Waals surface area (Å²) in [5.74, 6) is 0.858. The number of carbonyl (C=O) groups is 1. The Labute approximate surface area is 178 Å². The number of fused-ring (bicyclic) bond motifs is 2. The van der Waals surface area contributed by atoms with Gasteiger partial charge in [0.25, 0.3) is 15.9 Å². The Hall–Kier alpha value is -3.23. The molecule has 0 saturated carbocycles. The lowest BCUT2D eigenvalue weighted by Crippen LogP contribution is -2.15. The highest BCUT2D eigenvalue weighted by Gasteiger charge is 2.23. The third-order valence-electron chi connectivity index (χ3n) is 4.51. The molecule has 0 atom stereocenters. The second-order valence-corrected chi connectivity index (χ2v) is 8.73. The Morgan fingerprint density at radius 3 is 2.53 bits per heavy atom. The van der Waals surface area contributed by atoms with Gasteiger partial charge in [0.15, 0.2) is 5.75 Å². The molecular formula is C21H17ClN2O5S. The van der Waals surface area contributed by atoms with Crippen LogP contribution >= 0.6 is 11.6 Å². The van der Waals surface area contributed by atoms with Crippen molar-refractivity contribution in [1.29, 1.82) is 0 Å². The number of halogens is 1. The summed E-state index contributed by atoms with van der Waals surface area (Å²) in [5.41, 5.74) is 1.91. The van der Waals surface area contributed by atoms with E-state index in [4.69, 9.17) is 21.1 Å². The molecule has 0 bridgehead atoms. The molecule has 0 radical (unpaired) electrons. The monoisotopic (exact) mass is 444 g/mol. The van der Waals surface area contributed by atoms with E-state index >= 15 is 0 Å². The molecule has 30 heavy (non-hydrogen) atoms. The molecule has 1 aliphatic rings. The van der Waals surface area contributed by atoms with Crippen LogP contribution in [-0.4, -0.2) is 21.4 Å². The molecule has 0 unspecified atom stereocenters. The highest BCUT2D eigenvalue weighted by molar-refractivity contribution is 7.92. The zero-order valence-corrected chi connectivity index (χ0v) is 17.6. The van der Waals surface area contributed by atoms with Crippen molar-refractivity contribution in [1.82, 2.24) is 0 Å². The Bertz CT molecular complexity index is 1270. The van der Waals surface area contributed by atoms with E-state index < -0.39 is 15.9 Å². The van der Waals surface area contributed by atoms with Gasteiger partial charge in [-0.25, -0.2) is 8.42 Å². The van der Waals surface area contributed by atoms with Gasteiger partial charge in [-0.15, -0.1) is 0 Å². The zero-order chi connectivity index (χ0) is 21.5. The van der Waals surface area contributed by atoms with Gasteiger partial charge in [0.05, 0.1) is 23.4 Å². The van der Waals surface area contributed by atoms with Gasteiger partial charge in [0.2, 0.25) is 0 Å². The van der Waals surface area contributed by atoms with Crippen LogP contribution in [0.5, 0.6) is 17.2 Å². The second kappa shape index (κ2) is 7.55. The molecule has 1 aliphatic heterocycles. The van der Waals surface area contributed by atoms with Crippen LogP contribution in [0, 0.1) is 6.92 Å². The van der Waals surface area contributed by atoms with E-state index in [1.807, 2.05) is 13.0 Å². The third kappa shape index (κ3) is 3.79. The predicted molar refractivity (Wildman–Crippen MR) is 114 cm³/mol. The third-order valence-corrected chi connectivity index (χ3v) is 6.37. The number of anilines is 2. The molecule has 0 aromatic heterocycles. The fraction of sp³-hybridized carbons (Fsp3) is 0.0952. The van der Waals surface area contributed by atoms with Crippen molar-refractivity contribution in [2.45, 2.75) is 11.8 Å². The lowest BCUT2D eigenvalue weighted by atomic mass is 10.1. The summed E-state index contributed by atoms with van der Waals surface area (Å²) in [4.78, 5) is 12.6. The van der Waals surface area contributed by atoms with Crippen LogP contribution in [0.15, 0.2) is 59.5 Å². The molecule has 9 heteroatoms. The van der Waals surface area contributed by atoms with Gasteiger partial charge < -0.3 is 14.8 Å². The van der Waals surface area contributed by atoms with E-state index in [0.717, 1.165) is 5.56 Å². The molecule has 154 valence electrons. The first-order chi connectivity index (χ1) is 14.3. The first-order valence-electron chi connectivity index (χ1n) is 8.87. The Morgan fingerprint density at radius 2 is 1.80 bits per heavy atom. The summed E-state index contributed by atoms with van der Waals surface area (Å²) in [6.07, 6.45) is 0. The number of aryl methyl sites for hydroxylation is 1. The highest BCUT2D eigenvalue weighted by atomic mass is 35.5. The van der Waals surface area contributed by atoms with Gasteiger partial charge in [-0.2, -0.15) is 0 Å². The predicted octanol–water partition coefficient (Wildman–Crippen LogP) is 4.82. The number of benzene rings is 3. The van der Waals surface area contributed by atoms with Crippen molar-refractivity contribution in [2.24, 2.45) is 0 Å². The number of methoxy groups -OCH3 is 1. The molecule has 2 N–H and O–H groups in total. The van der Waals surface area contributed by atoms with Crippen LogP contribution in [0.2, 0.25) is 5.02 Å². The van der Waals surface area contributed by atoms with Gasteiger partial charge in [-0.1, -0.05) is 17.7 Å². The first-order valence-corrected chi connectivity index (χ1v) is 10.7. The summed E-state index contributed by atoms with van der Waals surface area (Å²) >= 11 is 6.10. The number of sulfonamides is 1. The number of rotatable bonds is 4. The molecule has 3 aromatic rings. The average molecular weight is 445 g/mol. The van der Waals surface area contributed by atoms with Crippen LogP contribution in [0.25, 0.3) is 0 Å². The number of amides is 1. The lowest BCUT2D eigenvalue weighted by molar-refractivity contribution is 0.102. The molecule has 0 fully saturated rings. The molecule has 0 saturated heterocycles. The fourth-order valence-corrected chi connectivity index (χ4v) is 4.62. The van der Waals surface area contributed by atoms with E-state index in [-0.39, 0.29) is 21.2 Å². The van der Waals surface area contributed by atoms with Crippen molar-refractivity contribution in [3.05, 3.63) is 70.7 Å². The van der Waals surface area contributed by atoms with Crippen molar-refractivity contribution in [3.8, 4) is 17.2 Å². The summed E-state index contributed by atoms with van der Waals surface area (Å²) < 4.78 is 38.9. The van der Waals surface area contributed by atoms with Crippen molar-refractivity contribution < 1.29 is 22.7 Å². The van der Waals surface area contributed by atoms with Crippen molar-refractivity contribution >= 4 is 38.9 Å². The molecule has 3 aromatic carbocycles. The topological polar surface area (TPSA) is 93.7 Å². The Balaban J connectivity index is 1.66. The van der Waals surface area contributed by atoms with Crippen LogP contribution in [0.1, 0.15) is 15.9 Å². The van der Waals surface area contributed by atoms with E-state index in [2.05, 4.69) is 10.0 Å². The normalized spacial score (nSPS) is 12.7. The number of nitrogens with one attached hydrogen (secondary N) is 2. The summed E-state index contributed by atoms with van der Waals surface area (Å²) in [5, 5.41) is 2.80. The lowest BCUT2D eigenvalue weighted by Gasteiger charge is -2.12. The first kappa shape index (κ1) is 20.1. The van der Waals surface area contributed by atoms with E-state index in [1.54, 1.807) is 12.1 Å². The van der Waals surface area contributed by atoms with Gasteiger partial charge in [0.1, 0.15) is 16.4 Å². The summed E-state index contributed by atoms with van der Waals surface area (Å²) in [6, 6.07) is 14.2. The van der Waals surface area contributed by atoms with Crippen molar-refractivity contribution in [3.63, 3.8) is 0 Å². The zero-order valence-electron chi connectivity index (χ0n) is 16.0. The van der Waals surface area contributed by atoms with Gasteiger partial charge in [-0.3, -0.25) is 9.52 Å². The van der Waals surface area contributed by atoms with E-state index in [9.17, 15) is 13.2 Å². The molecule has 1 amide bonds. The molecule has 1 heterocycles. The quantitative estimate of drug-likeness (QED) is 0.602. The minimum Gasteiger partial charge on any atom is -0.497 e. The van der Waals surface area contributed by atoms with Gasteiger partial charge in [-0.05, 0) is 55.0 Å². The largest absolute Gasteiger partial charge is 0.497 e. The molecule has 7 nitrogen and oxygen atoms in total. The summed E-state index contributed by atoms with van der Waals surface area (Å²) in [6.45, 7) is 1.90. The van der Waals surface area contributed by atoms with Crippen LogP contribution < -0.4 is 19.5 Å². The van der Waals surface area contributed by atoms with Crippen molar-refractivity contribution in [2.75, 3.05) is 17.1 Å². The summed E-state index contributed by atoms with van der Waals surface area (Å²) in [7, 11) is -2.53. The molecular weight excluding hydrogens is 428 g/mol. The van der Waals surface area contributed by atoms with Crippen LogP contribution in [-0.2, 0) is 10.0 Å². The number of hydrogen-bond donors (Lipinski definition) is 2. The minimum atomic E-state index is -3.99. The maximum Gasteiger partial charge on any atom is 0.263 e. The maximum absolute atomic E-state index is 12.8. The Morgan fingerprint density at radius 1 is 1.03 bits per heavy atom.